The van der Waals surface area contributed by atoms with Crippen LogP contribution >= 0.6 is 0 Å². The second-order valence-electron chi connectivity index (χ2n) is 5.32. The van der Waals surface area contributed by atoms with Gasteiger partial charge in [-0.1, -0.05) is 19.4 Å². The third kappa shape index (κ3) is 3.63. The van der Waals surface area contributed by atoms with Gasteiger partial charge < -0.3 is 14.8 Å². The molecule has 19 heavy (non-hydrogen) atoms. The Morgan fingerprint density at radius 2 is 2.05 bits per heavy atom. The predicted octanol–water partition coefficient (Wildman–Crippen LogP) is 3.24. The Morgan fingerprint density at radius 3 is 2.74 bits per heavy atom. The topological polar surface area (TPSA) is 30.5 Å². The molecule has 1 fully saturated rings. The molecule has 1 aliphatic rings. The van der Waals surface area contributed by atoms with E-state index >= 15 is 0 Å². The highest BCUT2D eigenvalue weighted by atomic mass is 16.5. The van der Waals surface area contributed by atoms with Gasteiger partial charge in [0.2, 0.25) is 0 Å². The summed E-state index contributed by atoms with van der Waals surface area (Å²) in [6.07, 6.45) is 5.15. The van der Waals surface area contributed by atoms with E-state index in [1.54, 1.807) is 7.11 Å². The highest BCUT2D eigenvalue weighted by Crippen LogP contribution is 2.30. The van der Waals surface area contributed by atoms with E-state index in [-0.39, 0.29) is 6.10 Å². The zero-order chi connectivity index (χ0) is 13.7. The molecule has 1 aromatic carbocycles. The monoisotopic (exact) mass is 263 g/mol. The van der Waals surface area contributed by atoms with Crippen LogP contribution in [0.15, 0.2) is 24.3 Å². The minimum Gasteiger partial charge on any atom is -0.497 e. The summed E-state index contributed by atoms with van der Waals surface area (Å²) in [6.45, 7) is 2.27. The summed E-state index contributed by atoms with van der Waals surface area (Å²) in [5.74, 6) is 2.54. The van der Waals surface area contributed by atoms with Crippen LogP contribution < -0.4 is 14.8 Å². The van der Waals surface area contributed by atoms with E-state index in [0.29, 0.717) is 6.04 Å². The minimum atomic E-state index is 0.260. The van der Waals surface area contributed by atoms with Crippen LogP contribution in [0.25, 0.3) is 0 Å². The van der Waals surface area contributed by atoms with Crippen molar-refractivity contribution >= 4 is 0 Å². The molecule has 3 nitrogen and oxygen atoms in total. The lowest BCUT2D eigenvalue weighted by atomic mass is 9.82. The van der Waals surface area contributed by atoms with Crippen molar-refractivity contribution in [3.05, 3.63) is 24.3 Å². The van der Waals surface area contributed by atoms with Crippen molar-refractivity contribution in [2.24, 2.45) is 5.92 Å². The summed E-state index contributed by atoms with van der Waals surface area (Å²) >= 11 is 0. The van der Waals surface area contributed by atoms with E-state index in [2.05, 4.69) is 12.2 Å². The average Bonchev–Trinajstić information content (AvgIpc) is 2.47. The number of methoxy groups -OCH3 is 1. The van der Waals surface area contributed by atoms with Gasteiger partial charge in [-0.3, -0.25) is 0 Å². The fourth-order valence-electron chi connectivity index (χ4n) is 2.89. The van der Waals surface area contributed by atoms with Gasteiger partial charge >= 0.3 is 0 Å². The van der Waals surface area contributed by atoms with E-state index in [9.17, 15) is 0 Å². The molecule has 0 heterocycles. The molecule has 0 amide bonds. The van der Waals surface area contributed by atoms with Crippen molar-refractivity contribution in [1.29, 1.82) is 0 Å². The number of rotatable bonds is 5. The molecular formula is C16H25NO2. The van der Waals surface area contributed by atoms with Crippen LogP contribution in [0.1, 0.15) is 32.6 Å². The van der Waals surface area contributed by atoms with Gasteiger partial charge in [0.05, 0.1) is 7.11 Å². The van der Waals surface area contributed by atoms with Crippen molar-refractivity contribution in [2.45, 2.75) is 44.8 Å². The summed E-state index contributed by atoms with van der Waals surface area (Å²) in [5.41, 5.74) is 0. The van der Waals surface area contributed by atoms with Gasteiger partial charge in [-0.05, 0) is 44.4 Å². The first-order valence-electron chi connectivity index (χ1n) is 7.24. The second kappa shape index (κ2) is 6.80. The van der Waals surface area contributed by atoms with Crippen molar-refractivity contribution < 1.29 is 9.47 Å². The Bertz CT molecular complexity index is 394. The van der Waals surface area contributed by atoms with Gasteiger partial charge in [-0.15, -0.1) is 0 Å². The largest absolute Gasteiger partial charge is 0.497 e. The standard InChI is InChI=1S/C16H25NO2/c1-4-12-8-9-15(17-2)16(10-12)19-14-7-5-6-13(11-14)18-3/h5-7,11-12,15-17H,4,8-10H2,1-3H3. The van der Waals surface area contributed by atoms with Crippen LogP contribution in [-0.4, -0.2) is 26.3 Å². The minimum absolute atomic E-state index is 0.260. The van der Waals surface area contributed by atoms with Gasteiger partial charge in [-0.2, -0.15) is 0 Å². The molecule has 106 valence electrons. The number of hydrogen-bond donors (Lipinski definition) is 1. The predicted molar refractivity (Wildman–Crippen MR) is 77.9 cm³/mol. The van der Waals surface area contributed by atoms with Crippen LogP contribution in [-0.2, 0) is 0 Å². The first-order valence-corrected chi connectivity index (χ1v) is 7.24. The Balaban J connectivity index is 2.05. The molecule has 1 aliphatic carbocycles. The van der Waals surface area contributed by atoms with Crippen molar-refractivity contribution in [2.75, 3.05) is 14.2 Å². The number of nitrogens with one attached hydrogen (secondary N) is 1. The summed E-state index contributed by atoms with van der Waals surface area (Å²) in [6, 6.07) is 8.34. The van der Waals surface area contributed by atoms with E-state index < -0.39 is 0 Å². The highest BCUT2D eigenvalue weighted by Gasteiger charge is 2.30. The molecule has 0 saturated heterocycles. The highest BCUT2D eigenvalue weighted by molar-refractivity contribution is 5.33. The first-order chi connectivity index (χ1) is 9.26. The molecule has 0 aromatic heterocycles. The molecule has 0 bridgehead atoms. The van der Waals surface area contributed by atoms with E-state index in [4.69, 9.17) is 9.47 Å². The maximum absolute atomic E-state index is 6.19. The quantitative estimate of drug-likeness (QED) is 0.884. The maximum Gasteiger partial charge on any atom is 0.123 e. The molecular weight excluding hydrogens is 238 g/mol. The molecule has 0 aliphatic heterocycles. The fraction of sp³-hybridized carbons (Fsp3) is 0.625. The summed E-state index contributed by atoms with van der Waals surface area (Å²) < 4.78 is 11.4. The van der Waals surface area contributed by atoms with Crippen LogP contribution in [0.3, 0.4) is 0 Å². The normalized spacial score (nSPS) is 27.0. The third-order valence-electron chi connectivity index (χ3n) is 4.18. The number of benzene rings is 1. The fourth-order valence-corrected chi connectivity index (χ4v) is 2.89. The molecule has 2 rings (SSSR count). The van der Waals surface area contributed by atoms with E-state index in [0.717, 1.165) is 23.8 Å². The van der Waals surface area contributed by atoms with Crippen molar-refractivity contribution in [3.63, 3.8) is 0 Å². The molecule has 0 spiro atoms. The Kier molecular flexibility index (Phi) is 5.08. The van der Waals surface area contributed by atoms with Crippen molar-refractivity contribution in [1.82, 2.24) is 5.32 Å². The summed E-state index contributed by atoms with van der Waals surface area (Å²) in [5, 5.41) is 3.39. The molecule has 3 heteroatoms. The van der Waals surface area contributed by atoms with Gasteiger partial charge in [0, 0.05) is 12.1 Å². The number of hydrogen-bond acceptors (Lipinski definition) is 3. The maximum atomic E-state index is 6.19. The summed E-state index contributed by atoms with van der Waals surface area (Å²) in [7, 11) is 3.71. The van der Waals surface area contributed by atoms with Gasteiger partial charge in [0.15, 0.2) is 0 Å². The lowest BCUT2D eigenvalue weighted by molar-refractivity contribution is 0.0881. The molecule has 1 saturated carbocycles. The van der Waals surface area contributed by atoms with Gasteiger partial charge in [-0.25, -0.2) is 0 Å². The number of likely N-dealkylation sites (N-methyl/N-ethyl adjacent to an activating group) is 1. The molecule has 1 N–H and O–H groups in total. The zero-order valence-electron chi connectivity index (χ0n) is 12.2. The Hall–Kier alpha value is -1.22. The third-order valence-corrected chi connectivity index (χ3v) is 4.18. The lowest BCUT2D eigenvalue weighted by Crippen LogP contribution is -2.45. The number of ether oxygens (including phenoxy) is 2. The molecule has 3 unspecified atom stereocenters. The van der Waals surface area contributed by atoms with Gasteiger partial charge in [0.25, 0.3) is 0 Å². The zero-order valence-corrected chi connectivity index (χ0v) is 12.2. The molecule has 0 radical (unpaired) electrons. The molecule has 1 aromatic rings. The van der Waals surface area contributed by atoms with E-state index in [1.807, 2.05) is 31.3 Å². The lowest BCUT2D eigenvalue weighted by Gasteiger charge is -2.35. The van der Waals surface area contributed by atoms with E-state index in [1.165, 1.54) is 19.3 Å². The SMILES string of the molecule is CCC1CCC(NC)C(Oc2cccc(OC)c2)C1. The van der Waals surface area contributed by atoms with Gasteiger partial charge in [0.1, 0.15) is 17.6 Å². The van der Waals surface area contributed by atoms with Crippen LogP contribution in [0.5, 0.6) is 11.5 Å². The average molecular weight is 263 g/mol. The van der Waals surface area contributed by atoms with Crippen LogP contribution in [0, 0.1) is 5.92 Å². The van der Waals surface area contributed by atoms with Crippen LogP contribution in [0.2, 0.25) is 0 Å². The second-order valence-corrected chi connectivity index (χ2v) is 5.32. The summed E-state index contributed by atoms with van der Waals surface area (Å²) in [4.78, 5) is 0. The first kappa shape index (κ1) is 14.2. The Morgan fingerprint density at radius 1 is 1.26 bits per heavy atom. The van der Waals surface area contributed by atoms with Crippen molar-refractivity contribution in [3.8, 4) is 11.5 Å². The molecule has 3 atom stereocenters. The smallest absolute Gasteiger partial charge is 0.123 e. The Labute approximate surface area is 116 Å². The van der Waals surface area contributed by atoms with Crippen LogP contribution in [0.4, 0.5) is 0 Å².